The molecule has 2 aromatic rings. The molecule has 7 heteroatoms. The van der Waals surface area contributed by atoms with Gasteiger partial charge in [0, 0.05) is 10.3 Å². The van der Waals surface area contributed by atoms with Gasteiger partial charge in [-0.25, -0.2) is 0 Å². The maximum absolute atomic E-state index is 12.0. The molecule has 0 aromatic carbocycles. The molecular weight excluding hydrogens is 306 g/mol. The first-order valence-electron chi connectivity index (χ1n) is 6.67. The molecule has 0 aliphatic carbocycles. The van der Waals surface area contributed by atoms with Gasteiger partial charge < -0.3 is 9.73 Å². The highest BCUT2D eigenvalue weighted by Gasteiger charge is 2.23. The van der Waals surface area contributed by atoms with Gasteiger partial charge in [-0.2, -0.15) is 0 Å². The van der Waals surface area contributed by atoms with Crippen LogP contribution in [0, 0.1) is 0 Å². The van der Waals surface area contributed by atoms with Gasteiger partial charge in [0.1, 0.15) is 0 Å². The first-order chi connectivity index (χ1) is 9.86. The first kappa shape index (κ1) is 16.0. The standard InChI is InChI=1S/C14H19N3O2S2/c1-9(11(18)15-8-10-6-5-7-20-10)21-13-17-16-12(19-13)14(2,3)4/h5-7,9H,8H2,1-4H3,(H,15,18)/t9-/m0/s1. The van der Waals surface area contributed by atoms with E-state index in [1.165, 1.54) is 11.8 Å². The third-order valence-electron chi connectivity index (χ3n) is 2.71. The fourth-order valence-electron chi connectivity index (χ4n) is 1.50. The van der Waals surface area contributed by atoms with Crippen molar-refractivity contribution in [1.82, 2.24) is 15.5 Å². The quantitative estimate of drug-likeness (QED) is 0.855. The molecule has 0 aliphatic rings. The number of aromatic nitrogens is 2. The Morgan fingerprint density at radius 2 is 2.24 bits per heavy atom. The molecule has 1 atom stereocenters. The molecular formula is C14H19N3O2S2. The summed E-state index contributed by atoms with van der Waals surface area (Å²) in [5.41, 5.74) is -0.184. The Kier molecular flexibility index (Phi) is 5.05. The number of carbonyl (C=O) groups excluding carboxylic acids is 1. The van der Waals surface area contributed by atoms with Gasteiger partial charge in [-0.15, -0.1) is 21.5 Å². The van der Waals surface area contributed by atoms with Crippen molar-refractivity contribution >= 4 is 29.0 Å². The van der Waals surface area contributed by atoms with E-state index in [1.807, 2.05) is 45.2 Å². The SMILES string of the molecule is C[C@H](Sc1nnc(C(C)(C)C)o1)C(=O)NCc1cccs1. The lowest BCUT2D eigenvalue weighted by Crippen LogP contribution is -2.30. The van der Waals surface area contributed by atoms with Gasteiger partial charge in [0.05, 0.1) is 11.8 Å². The summed E-state index contributed by atoms with van der Waals surface area (Å²) in [6.45, 7) is 8.40. The Balaban J connectivity index is 1.87. The zero-order chi connectivity index (χ0) is 15.5. The van der Waals surface area contributed by atoms with Crippen LogP contribution in [0.15, 0.2) is 27.2 Å². The molecule has 2 rings (SSSR count). The maximum atomic E-state index is 12.0. The number of hydrogen-bond donors (Lipinski definition) is 1. The minimum absolute atomic E-state index is 0.0380. The molecule has 114 valence electrons. The van der Waals surface area contributed by atoms with Crippen molar-refractivity contribution < 1.29 is 9.21 Å². The lowest BCUT2D eigenvalue weighted by molar-refractivity contribution is -0.120. The molecule has 0 unspecified atom stereocenters. The monoisotopic (exact) mass is 325 g/mol. The Hall–Kier alpha value is -1.34. The third kappa shape index (κ3) is 4.57. The first-order valence-corrected chi connectivity index (χ1v) is 8.43. The summed E-state index contributed by atoms with van der Waals surface area (Å²) < 4.78 is 5.58. The zero-order valence-electron chi connectivity index (χ0n) is 12.5. The lowest BCUT2D eigenvalue weighted by Gasteiger charge is -2.11. The van der Waals surface area contributed by atoms with E-state index in [-0.39, 0.29) is 16.6 Å². The minimum atomic E-state index is -0.279. The van der Waals surface area contributed by atoms with Crippen molar-refractivity contribution in [3.8, 4) is 0 Å². The van der Waals surface area contributed by atoms with E-state index in [2.05, 4.69) is 15.5 Å². The van der Waals surface area contributed by atoms with Crippen LogP contribution in [0.5, 0.6) is 0 Å². The highest BCUT2D eigenvalue weighted by Crippen LogP contribution is 2.27. The van der Waals surface area contributed by atoms with Crippen LogP contribution in [-0.2, 0) is 16.8 Å². The number of hydrogen-bond acceptors (Lipinski definition) is 6. The molecule has 1 N–H and O–H groups in total. The average molecular weight is 325 g/mol. The van der Waals surface area contributed by atoms with Crippen LogP contribution in [0.4, 0.5) is 0 Å². The summed E-state index contributed by atoms with van der Waals surface area (Å²) in [4.78, 5) is 13.2. The fourth-order valence-corrected chi connectivity index (χ4v) is 2.85. The van der Waals surface area contributed by atoms with Crippen LogP contribution in [0.3, 0.4) is 0 Å². The second-order valence-corrected chi connectivity index (χ2v) is 8.00. The van der Waals surface area contributed by atoms with Crippen molar-refractivity contribution in [2.24, 2.45) is 0 Å². The summed E-state index contributed by atoms with van der Waals surface area (Å²) in [5.74, 6) is 0.542. The van der Waals surface area contributed by atoms with Crippen molar-refractivity contribution in [2.75, 3.05) is 0 Å². The van der Waals surface area contributed by atoms with Crippen LogP contribution in [0.25, 0.3) is 0 Å². The number of rotatable bonds is 5. The van der Waals surface area contributed by atoms with Crippen LogP contribution in [0.1, 0.15) is 38.5 Å². The van der Waals surface area contributed by atoms with E-state index >= 15 is 0 Å². The van der Waals surface area contributed by atoms with Gasteiger partial charge >= 0.3 is 0 Å². The molecule has 2 aromatic heterocycles. The molecule has 0 spiro atoms. The molecule has 0 saturated heterocycles. The molecule has 2 heterocycles. The van der Waals surface area contributed by atoms with E-state index in [9.17, 15) is 4.79 Å². The Labute approximate surface area is 132 Å². The van der Waals surface area contributed by atoms with Gasteiger partial charge in [-0.1, -0.05) is 38.6 Å². The molecule has 1 amide bonds. The summed E-state index contributed by atoms with van der Waals surface area (Å²) in [6, 6.07) is 3.97. The molecule has 5 nitrogen and oxygen atoms in total. The normalized spacial score (nSPS) is 13.1. The zero-order valence-corrected chi connectivity index (χ0v) is 14.2. The van der Waals surface area contributed by atoms with E-state index in [1.54, 1.807) is 11.3 Å². The second-order valence-electron chi connectivity index (χ2n) is 5.68. The minimum Gasteiger partial charge on any atom is -0.415 e. The summed E-state index contributed by atoms with van der Waals surface area (Å²) >= 11 is 2.90. The Morgan fingerprint density at radius 1 is 1.48 bits per heavy atom. The van der Waals surface area contributed by atoms with Crippen LogP contribution >= 0.6 is 23.1 Å². The van der Waals surface area contributed by atoms with Crippen molar-refractivity contribution in [1.29, 1.82) is 0 Å². The fraction of sp³-hybridized carbons (Fsp3) is 0.500. The summed E-state index contributed by atoms with van der Waals surface area (Å²) in [5, 5.41) is 13.0. The number of carbonyl (C=O) groups is 1. The highest BCUT2D eigenvalue weighted by molar-refractivity contribution is 8.00. The second kappa shape index (κ2) is 6.62. The number of thioether (sulfide) groups is 1. The molecule has 0 fully saturated rings. The molecule has 21 heavy (non-hydrogen) atoms. The summed E-state index contributed by atoms with van der Waals surface area (Å²) in [6.07, 6.45) is 0. The Morgan fingerprint density at radius 3 is 2.81 bits per heavy atom. The third-order valence-corrected chi connectivity index (χ3v) is 4.52. The smallest absolute Gasteiger partial charge is 0.277 e. The van der Waals surface area contributed by atoms with Gasteiger partial charge in [0.2, 0.25) is 11.8 Å². The summed E-state index contributed by atoms with van der Waals surface area (Å²) in [7, 11) is 0. The lowest BCUT2D eigenvalue weighted by atomic mass is 9.97. The van der Waals surface area contributed by atoms with E-state index < -0.39 is 0 Å². The van der Waals surface area contributed by atoms with E-state index in [0.29, 0.717) is 17.7 Å². The number of amides is 1. The number of nitrogens with zero attached hydrogens (tertiary/aromatic N) is 2. The Bertz CT molecular complexity index is 588. The largest absolute Gasteiger partial charge is 0.415 e. The predicted molar refractivity (Wildman–Crippen MR) is 84.5 cm³/mol. The van der Waals surface area contributed by atoms with E-state index in [0.717, 1.165) is 4.88 Å². The van der Waals surface area contributed by atoms with Gasteiger partial charge in [-0.05, 0) is 18.4 Å². The highest BCUT2D eigenvalue weighted by atomic mass is 32.2. The molecule has 0 saturated carbocycles. The molecule has 0 aliphatic heterocycles. The van der Waals surface area contributed by atoms with E-state index in [4.69, 9.17) is 4.42 Å². The average Bonchev–Trinajstić information content (AvgIpc) is 3.05. The maximum Gasteiger partial charge on any atom is 0.277 e. The molecule has 0 radical (unpaired) electrons. The van der Waals surface area contributed by atoms with Gasteiger partial charge in [0.25, 0.3) is 5.22 Å². The topological polar surface area (TPSA) is 68.0 Å². The van der Waals surface area contributed by atoms with Crippen LogP contribution < -0.4 is 5.32 Å². The number of thiophene rings is 1. The van der Waals surface area contributed by atoms with Crippen LogP contribution in [0.2, 0.25) is 0 Å². The van der Waals surface area contributed by atoms with Gasteiger partial charge in [-0.3, -0.25) is 4.79 Å². The molecule has 0 bridgehead atoms. The number of nitrogens with one attached hydrogen (secondary N) is 1. The van der Waals surface area contributed by atoms with Crippen molar-refractivity contribution in [2.45, 2.75) is 50.1 Å². The predicted octanol–water partition coefficient (Wildman–Crippen LogP) is 3.23. The van der Waals surface area contributed by atoms with Crippen molar-refractivity contribution in [3.63, 3.8) is 0 Å². The van der Waals surface area contributed by atoms with Crippen molar-refractivity contribution in [3.05, 3.63) is 28.3 Å². The van der Waals surface area contributed by atoms with Crippen LogP contribution in [-0.4, -0.2) is 21.4 Å². The van der Waals surface area contributed by atoms with Gasteiger partial charge in [0.15, 0.2) is 0 Å².